The van der Waals surface area contributed by atoms with Crippen LogP contribution in [-0.2, 0) is 14.4 Å². The molecule has 0 radical (unpaired) electrons. The van der Waals surface area contributed by atoms with Gasteiger partial charge >= 0.3 is 5.97 Å². The third-order valence-corrected chi connectivity index (χ3v) is 5.58. The Bertz CT molecular complexity index is 706. The summed E-state index contributed by atoms with van der Waals surface area (Å²) in [6.07, 6.45) is 2.53. The Morgan fingerprint density at radius 3 is 2.93 bits per heavy atom. The molecule has 0 N–H and O–H groups in total. The summed E-state index contributed by atoms with van der Waals surface area (Å²) in [7, 11) is 0. The quantitative estimate of drug-likeness (QED) is 0.710. The number of hydrogen-bond donors (Lipinski definition) is 0. The molecule has 1 aromatic rings. The van der Waals surface area contributed by atoms with E-state index in [1.165, 1.54) is 6.07 Å². The third-order valence-electron chi connectivity index (χ3n) is 5.58. The first-order chi connectivity index (χ1) is 12.9. The fourth-order valence-electron chi connectivity index (χ4n) is 4.14. The van der Waals surface area contributed by atoms with E-state index in [0.717, 1.165) is 19.4 Å². The van der Waals surface area contributed by atoms with E-state index in [2.05, 4.69) is 23.9 Å². The predicted molar refractivity (Wildman–Crippen MR) is 102 cm³/mol. The molecule has 5 nitrogen and oxygen atoms in total. The minimum Gasteiger partial charge on any atom is -0.466 e. The maximum absolute atomic E-state index is 14.1. The fourth-order valence-corrected chi connectivity index (χ4v) is 4.14. The lowest BCUT2D eigenvalue weighted by atomic mass is 9.74. The number of ether oxygens (including phenoxy) is 1. The van der Waals surface area contributed by atoms with Crippen LogP contribution in [0.15, 0.2) is 29.4 Å². The van der Waals surface area contributed by atoms with Gasteiger partial charge in [-0.05, 0) is 46.2 Å². The first kappa shape index (κ1) is 19.8. The van der Waals surface area contributed by atoms with Gasteiger partial charge in [0.25, 0.3) is 0 Å². The summed E-state index contributed by atoms with van der Waals surface area (Å²) in [6.45, 7) is 8.14. The van der Waals surface area contributed by atoms with E-state index in [0.29, 0.717) is 43.3 Å². The van der Waals surface area contributed by atoms with Crippen molar-refractivity contribution in [3.05, 3.63) is 35.6 Å². The molecule has 0 aromatic heterocycles. The Balaban J connectivity index is 1.74. The second-order valence-electron chi connectivity index (χ2n) is 7.82. The van der Waals surface area contributed by atoms with Crippen molar-refractivity contribution in [3.63, 3.8) is 0 Å². The molecule has 1 fully saturated rings. The molecule has 0 aliphatic carbocycles. The minimum atomic E-state index is -0.594. The summed E-state index contributed by atoms with van der Waals surface area (Å²) < 4.78 is 19.5. The zero-order chi connectivity index (χ0) is 19.4. The van der Waals surface area contributed by atoms with Gasteiger partial charge in [-0.15, -0.1) is 0 Å². The lowest BCUT2D eigenvalue weighted by Gasteiger charge is -2.43. The summed E-state index contributed by atoms with van der Waals surface area (Å²) in [4.78, 5) is 20.8. The van der Waals surface area contributed by atoms with E-state index in [1.807, 2.05) is 6.92 Å². The molecular weight excluding hydrogens is 347 g/mol. The summed E-state index contributed by atoms with van der Waals surface area (Å²) in [5.41, 5.74) is 0.481. The highest BCUT2D eigenvalue weighted by Crippen LogP contribution is 2.39. The van der Waals surface area contributed by atoms with Crippen LogP contribution in [0.5, 0.6) is 0 Å². The monoisotopic (exact) mass is 376 g/mol. The van der Waals surface area contributed by atoms with E-state index < -0.39 is 5.41 Å². The van der Waals surface area contributed by atoms with Gasteiger partial charge in [-0.2, -0.15) is 0 Å². The van der Waals surface area contributed by atoms with Crippen LogP contribution < -0.4 is 0 Å². The van der Waals surface area contributed by atoms with Gasteiger partial charge in [0.15, 0.2) is 0 Å². The smallest absolute Gasteiger partial charge is 0.313 e. The summed E-state index contributed by atoms with van der Waals surface area (Å²) in [5, 5.41) is 4.12. The van der Waals surface area contributed by atoms with Crippen molar-refractivity contribution in [1.29, 1.82) is 0 Å². The number of esters is 1. The van der Waals surface area contributed by atoms with Crippen LogP contribution in [0, 0.1) is 11.2 Å². The largest absolute Gasteiger partial charge is 0.466 e. The molecule has 2 aliphatic rings. The number of halogens is 1. The molecule has 27 heavy (non-hydrogen) atoms. The number of oxime groups is 1. The van der Waals surface area contributed by atoms with Crippen molar-refractivity contribution in [1.82, 2.24) is 4.90 Å². The van der Waals surface area contributed by atoms with Crippen LogP contribution in [0.1, 0.15) is 52.0 Å². The molecule has 0 spiro atoms. The van der Waals surface area contributed by atoms with E-state index in [9.17, 15) is 9.18 Å². The Kier molecular flexibility index (Phi) is 6.15. The first-order valence-corrected chi connectivity index (χ1v) is 9.84. The van der Waals surface area contributed by atoms with Crippen molar-refractivity contribution in [2.24, 2.45) is 10.6 Å². The van der Waals surface area contributed by atoms with Gasteiger partial charge in [-0.3, -0.25) is 9.69 Å². The van der Waals surface area contributed by atoms with Crippen LogP contribution in [0.25, 0.3) is 0 Å². The van der Waals surface area contributed by atoms with Gasteiger partial charge in [0.1, 0.15) is 11.9 Å². The number of carbonyl (C=O) groups is 1. The van der Waals surface area contributed by atoms with Gasteiger partial charge in [0.2, 0.25) is 0 Å². The maximum Gasteiger partial charge on any atom is 0.313 e. The summed E-state index contributed by atoms with van der Waals surface area (Å²) in [5.74, 6) is -0.456. The molecule has 2 atom stereocenters. The maximum atomic E-state index is 14.1. The SMILES string of the molecule is CCOC(=O)[C@@]1(C[C@H]2CC(c3ccccc3F)=NO2)CCCN(C(C)C)C1. The van der Waals surface area contributed by atoms with Crippen LogP contribution in [0.4, 0.5) is 4.39 Å². The molecule has 1 saturated heterocycles. The van der Waals surface area contributed by atoms with Crippen LogP contribution in [0.3, 0.4) is 0 Å². The molecule has 0 amide bonds. The molecule has 2 aliphatic heterocycles. The van der Waals surface area contributed by atoms with Crippen molar-refractivity contribution in [3.8, 4) is 0 Å². The number of benzene rings is 1. The number of hydrogen-bond acceptors (Lipinski definition) is 5. The summed E-state index contributed by atoms with van der Waals surface area (Å²) >= 11 is 0. The van der Waals surface area contributed by atoms with E-state index in [4.69, 9.17) is 9.57 Å². The molecule has 0 unspecified atom stereocenters. The predicted octanol–water partition coefficient (Wildman–Crippen LogP) is 3.76. The van der Waals surface area contributed by atoms with Gasteiger partial charge in [-0.25, -0.2) is 4.39 Å². The molecule has 0 bridgehead atoms. The molecule has 148 valence electrons. The second kappa shape index (κ2) is 8.38. The van der Waals surface area contributed by atoms with Crippen molar-refractivity contribution < 1.29 is 18.8 Å². The standard InChI is InChI=1S/C21H29FN2O3/c1-4-26-20(25)21(10-7-11-24(14-21)15(2)3)13-16-12-19(23-27-16)17-8-5-6-9-18(17)22/h5-6,8-9,15-16H,4,7,10-14H2,1-3H3/t16-,21-/m1/s1. The third kappa shape index (κ3) is 4.32. The zero-order valence-corrected chi connectivity index (χ0v) is 16.4. The zero-order valence-electron chi connectivity index (χ0n) is 16.4. The second-order valence-corrected chi connectivity index (χ2v) is 7.82. The summed E-state index contributed by atoms with van der Waals surface area (Å²) in [6, 6.07) is 6.95. The highest BCUT2D eigenvalue weighted by molar-refractivity contribution is 6.01. The van der Waals surface area contributed by atoms with Gasteiger partial charge in [-0.1, -0.05) is 23.4 Å². The minimum absolute atomic E-state index is 0.154. The average Bonchev–Trinajstić information content (AvgIpc) is 3.10. The first-order valence-electron chi connectivity index (χ1n) is 9.84. The highest BCUT2D eigenvalue weighted by Gasteiger charge is 2.47. The van der Waals surface area contributed by atoms with Gasteiger partial charge < -0.3 is 9.57 Å². The Morgan fingerprint density at radius 1 is 1.44 bits per heavy atom. The number of rotatable bonds is 6. The van der Waals surface area contributed by atoms with Crippen molar-refractivity contribution >= 4 is 11.7 Å². The van der Waals surface area contributed by atoms with Crippen molar-refractivity contribution in [2.75, 3.05) is 19.7 Å². The average molecular weight is 376 g/mol. The van der Waals surface area contributed by atoms with Gasteiger partial charge in [0.05, 0.1) is 17.7 Å². The molecule has 6 heteroatoms. The van der Waals surface area contributed by atoms with Crippen molar-refractivity contribution in [2.45, 2.75) is 58.6 Å². The molecule has 1 aromatic carbocycles. The van der Waals surface area contributed by atoms with Crippen LogP contribution in [-0.4, -0.2) is 48.4 Å². The van der Waals surface area contributed by atoms with E-state index >= 15 is 0 Å². The number of nitrogens with zero attached hydrogens (tertiary/aromatic N) is 2. The Labute approximate surface area is 160 Å². The molecule has 0 saturated carbocycles. The number of likely N-dealkylation sites (tertiary alicyclic amines) is 1. The molecule has 2 heterocycles. The van der Waals surface area contributed by atoms with Crippen LogP contribution in [0.2, 0.25) is 0 Å². The lowest BCUT2D eigenvalue weighted by molar-refractivity contribution is -0.162. The Morgan fingerprint density at radius 2 is 2.22 bits per heavy atom. The molecular formula is C21H29FN2O3. The number of piperidine rings is 1. The van der Waals surface area contributed by atoms with Crippen LogP contribution >= 0.6 is 0 Å². The van der Waals surface area contributed by atoms with E-state index in [1.54, 1.807) is 18.2 Å². The van der Waals surface area contributed by atoms with Gasteiger partial charge in [0, 0.05) is 31.0 Å². The Hall–Kier alpha value is -1.95. The lowest BCUT2D eigenvalue weighted by Crippen LogP contribution is -2.52. The highest BCUT2D eigenvalue weighted by atomic mass is 19.1. The van der Waals surface area contributed by atoms with E-state index in [-0.39, 0.29) is 17.9 Å². The fraction of sp³-hybridized carbons (Fsp3) is 0.619. The normalized spacial score (nSPS) is 26.0. The topological polar surface area (TPSA) is 51.1 Å². The number of carbonyl (C=O) groups excluding carboxylic acids is 1. The molecule has 3 rings (SSSR count).